The number of aromatic amines is 1. The third-order valence-corrected chi connectivity index (χ3v) is 5.68. The van der Waals surface area contributed by atoms with E-state index < -0.39 is 34.8 Å². The summed E-state index contributed by atoms with van der Waals surface area (Å²) in [4.78, 5) is 17.2. The highest BCUT2D eigenvalue weighted by molar-refractivity contribution is 7.71. The molecule has 2 aliphatic rings. The molecular weight excluding hydrogens is 382 g/mol. The van der Waals surface area contributed by atoms with Crippen molar-refractivity contribution in [1.82, 2.24) is 14.5 Å². The van der Waals surface area contributed by atoms with Gasteiger partial charge in [0, 0.05) is 48.6 Å². The molecule has 2 aromatic rings. The monoisotopic (exact) mass is 399 g/mol. The van der Waals surface area contributed by atoms with E-state index in [1.807, 2.05) is 0 Å². The van der Waals surface area contributed by atoms with E-state index in [0.717, 1.165) is 25.9 Å². The van der Waals surface area contributed by atoms with Gasteiger partial charge < -0.3 is 14.5 Å². The van der Waals surface area contributed by atoms with Crippen LogP contribution in [0.1, 0.15) is 35.7 Å². The number of aromatic nitrogens is 2. The number of imidazole rings is 1. The van der Waals surface area contributed by atoms with Crippen LogP contribution in [0.3, 0.4) is 0 Å². The Bertz CT molecular complexity index is 952. The Morgan fingerprint density at radius 1 is 1.15 bits per heavy atom. The van der Waals surface area contributed by atoms with Gasteiger partial charge in [0.2, 0.25) is 5.91 Å². The summed E-state index contributed by atoms with van der Waals surface area (Å²) >= 11 is 5.25. The van der Waals surface area contributed by atoms with Gasteiger partial charge in [-0.25, -0.2) is 17.6 Å². The van der Waals surface area contributed by atoms with Crippen molar-refractivity contribution in [3.63, 3.8) is 0 Å². The summed E-state index contributed by atoms with van der Waals surface area (Å²) in [6.45, 7) is 1.54. The largest absolute Gasteiger partial charge is 0.342 e. The number of halogens is 4. The molecule has 1 aromatic carbocycles. The molecule has 4 nitrogen and oxygen atoms in total. The Labute approximate surface area is 157 Å². The van der Waals surface area contributed by atoms with E-state index in [9.17, 15) is 22.4 Å². The van der Waals surface area contributed by atoms with Gasteiger partial charge in [-0.3, -0.25) is 4.79 Å². The van der Waals surface area contributed by atoms with Crippen LogP contribution in [0, 0.1) is 28.0 Å². The van der Waals surface area contributed by atoms with Gasteiger partial charge in [-0.2, -0.15) is 0 Å². The summed E-state index contributed by atoms with van der Waals surface area (Å²) in [7, 11) is 0. The number of benzene rings is 1. The van der Waals surface area contributed by atoms with E-state index in [1.165, 1.54) is 0 Å². The molecule has 1 unspecified atom stereocenters. The molecule has 1 aromatic heterocycles. The first kappa shape index (κ1) is 18.2. The molecule has 144 valence electrons. The van der Waals surface area contributed by atoms with Gasteiger partial charge in [-0.15, -0.1) is 0 Å². The van der Waals surface area contributed by atoms with Gasteiger partial charge in [0.15, 0.2) is 28.0 Å². The highest BCUT2D eigenvalue weighted by Crippen LogP contribution is 2.36. The smallest absolute Gasteiger partial charge is 0.228 e. The summed E-state index contributed by atoms with van der Waals surface area (Å²) in [5.41, 5.74) is 0.639. The van der Waals surface area contributed by atoms with Crippen LogP contribution in [-0.2, 0) is 24.2 Å². The Balaban J connectivity index is 1.63. The third kappa shape index (κ3) is 3.07. The number of H-pyrrole nitrogens is 1. The number of likely N-dealkylation sites (tertiary alicyclic amines) is 1. The Kier molecular flexibility index (Phi) is 4.57. The van der Waals surface area contributed by atoms with Crippen molar-refractivity contribution in [3.8, 4) is 0 Å². The van der Waals surface area contributed by atoms with Crippen LogP contribution in [-0.4, -0.2) is 33.4 Å². The number of amides is 1. The molecule has 1 saturated heterocycles. The van der Waals surface area contributed by atoms with Gasteiger partial charge in [0.1, 0.15) is 0 Å². The van der Waals surface area contributed by atoms with Crippen molar-refractivity contribution in [2.24, 2.45) is 0 Å². The molecule has 1 atom stereocenters. The summed E-state index contributed by atoms with van der Waals surface area (Å²) in [5.74, 6) is -6.43. The van der Waals surface area contributed by atoms with Crippen molar-refractivity contribution in [3.05, 3.63) is 51.1 Å². The minimum atomic E-state index is -1.42. The summed E-state index contributed by atoms with van der Waals surface area (Å²) in [6.07, 6.45) is 2.20. The summed E-state index contributed by atoms with van der Waals surface area (Å²) in [6, 6.07) is 0.204. The van der Waals surface area contributed by atoms with Crippen LogP contribution >= 0.6 is 12.2 Å². The Morgan fingerprint density at radius 2 is 1.78 bits per heavy atom. The molecule has 0 spiro atoms. The zero-order valence-electron chi connectivity index (χ0n) is 14.3. The van der Waals surface area contributed by atoms with Crippen molar-refractivity contribution in [2.75, 3.05) is 13.1 Å². The first-order valence-corrected chi connectivity index (χ1v) is 9.19. The minimum Gasteiger partial charge on any atom is -0.342 e. The molecule has 1 N–H and O–H groups in total. The number of nitrogens with zero attached hydrogens (tertiary/aromatic N) is 2. The SMILES string of the molecule is O=C(Cc1[nH]c(=S)n2c1CC(c1c(F)c(F)cc(F)c1F)C2)N1CCCC1. The zero-order valence-corrected chi connectivity index (χ0v) is 15.1. The lowest BCUT2D eigenvalue weighted by atomic mass is 9.94. The van der Waals surface area contributed by atoms with Gasteiger partial charge in [-0.1, -0.05) is 0 Å². The molecule has 0 radical (unpaired) electrons. The number of rotatable bonds is 3. The maximum absolute atomic E-state index is 14.2. The van der Waals surface area contributed by atoms with Crippen molar-refractivity contribution in [2.45, 2.75) is 38.1 Å². The molecule has 9 heteroatoms. The van der Waals surface area contributed by atoms with E-state index in [-0.39, 0.29) is 31.4 Å². The summed E-state index contributed by atoms with van der Waals surface area (Å²) in [5, 5.41) is 0. The van der Waals surface area contributed by atoms with Gasteiger partial charge in [0.05, 0.1) is 6.42 Å². The van der Waals surface area contributed by atoms with Gasteiger partial charge >= 0.3 is 0 Å². The predicted molar refractivity (Wildman–Crippen MR) is 91.9 cm³/mol. The van der Waals surface area contributed by atoms with Crippen LogP contribution in [0.4, 0.5) is 17.6 Å². The van der Waals surface area contributed by atoms with Crippen LogP contribution in [0.5, 0.6) is 0 Å². The third-order valence-electron chi connectivity index (χ3n) is 5.36. The molecular formula is C18H17F4N3OS. The number of nitrogens with one attached hydrogen (secondary N) is 1. The predicted octanol–water partition coefficient (Wildman–Crippen LogP) is 3.61. The molecule has 27 heavy (non-hydrogen) atoms. The lowest BCUT2D eigenvalue weighted by Gasteiger charge is -2.15. The Hall–Kier alpha value is -2.16. The maximum Gasteiger partial charge on any atom is 0.228 e. The molecule has 0 aliphatic carbocycles. The number of carbonyl (C=O) groups is 1. The van der Waals surface area contributed by atoms with E-state index in [1.54, 1.807) is 9.47 Å². The van der Waals surface area contributed by atoms with Crippen molar-refractivity contribution < 1.29 is 22.4 Å². The highest BCUT2D eigenvalue weighted by Gasteiger charge is 2.34. The Morgan fingerprint density at radius 3 is 2.41 bits per heavy atom. The second-order valence-electron chi connectivity index (χ2n) is 7.01. The molecule has 0 bridgehead atoms. The standard InChI is InChI=1S/C18H17F4N3OS/c19-10-6-11(20)17(22)15(16(10)21)9-5-13-12(23-18(27)25(13)8-9)7-14(26)24-3-1-2-4-24/h6,9H,1-5,7-8H2,(H,23,27). The molecule has 1 fully saturated rings. The van der Waals surface area contributed by atoms with Gasteiger partial charge in [0.25, 0.3) is 0 Å². The first-order chi connectivity index (χ1) is 12.9. The normalized spacial score (nSPS) is 19.0. The van der Waals surface area contributed by atoms with Crippen LogP contribution in [0.25, 0.3) is 0 Å². The maximum atomic E-state index is 14.2. The second kappa shape index (κ2) is 6.78. The molecule has 2 aliphatic heterocycles. The quantitative estimate of drug-likeness (QED) is 0.487. The van der Waals surface area contributed by atoms with Crippen LogP contribution in [0.15, 0.2) is 6.07 Å². The highest BCUT2D eigenvalue weighted by atomic mass is 32.1. The lowest BCUT2D eigenvalue weighted by Crippen LogP contribution is -2.29. The van der Waals surface area contributed by atoms with E-state index in [4.69, 9.17) is 12.2 Å². The number of carbonyl (C=O) groups excluding carboxylic acids is 1. The fraction of sp³-hybridized carbons (Fsp3) is 0.444. The lowest BCUT2D eigenvalue weighted by molar-refractivity contribution is -0.129. The molecule has 1 amide bonds. The first-order valence-electron chi connectivity index (χ1n) is 8.78. The van der Waals surface area contributed by atoms with E-state index in [2.05, 4.69) is 4.98 Å². The van der Waals surface area contributed by atoms with E-state index >= 15 is 0 Å². The van der Waals surface area contributed by atoms with Crippen LogP contribution in [0.2, 0.25) is 0 Å². The fourth-order valence-corrected chi connectivity index (χ4v) is 4.33. The number of hydrogen-bond donors (Lipinski definition) is 1. The zero-order chi connectivity index (χ0) is 19.3. The second-order valence-corrected chi connectivity index (χ2v) is 7.40. The van der Waals surface area contributed by atoms with Crippen LogP contribution < -0.4 is 0 Å². The van der Waals surface area contributed by atoms with E-state index in [0.29, 0.717) is 16.2 Å². The molecule has 4 rings (SSSR count). The minimum absolute atomic E-state index is 0.0373. The van der Waals surface area contributed by atoms with Crippen molar-refractivity contribution in [1.29, 1.82) is 0 Å². The number of hydrogen-bond acceptors (Lipinski definition) is 2. The number of fused-ring (bicyclic) bond motifs is 1. The topological polar surface area (TPSA) is 41.0 Å². The average Bonchev–Trinajstić information content (AvgIpc) is 3.33. The molecule has 3 heterocycles. The summed E-state index contributed by atoms with van der Waals surface area (Å²) < 4.78 is 57.4. The van der Waals surface area contributed by atoms with Crippen molar-refractivity contribution >= 4 is 18.1 Å². The fourth-order valence-electron chi connectivity index (χ4n) is 4.02. The average molecular weight is 399 g/mol. The molecule has 0 saturated carbocycles. The van der Waals surface area contributed by atoms with Gasteiger partial charge in [-0.05, 0) is 31.5 Å².